The number of allylic oxidation sites excluding steroid dienone is 1. The van der Waals surface area contributed by atoms with E-state index in [1.54, 1.807) is 11.8 Å². The first kappa shape index (κ1) is 18.2. The average Bonchev–Trinajstić information content (AvgIpc) is 2.98. The molecule has 2 heterocycles. The van der Waals surface area contributed by atoms with Crippen LogP contribution in [0.5, 0.6) is 0 Å². The number of nitriles is 2. The van der Waals surface area contributed by atoms with Gasteiger partial charge >= 0.3 is 0 Å². The molecule has 0 atom stereocenters. The number of fused-ring (bicyclic) bond motifs is 1. The number of rotatable bonds is 2. The van der Waals surface area contributed by atoms with E-state index in [0.717, 1.165) is 32.1 Å². The molecule has 122 valence electrons. The minimum absolute atomic E-state index is 0.215. The number of benzene rings is 1. The largest absolute Gasteiger partial charge is 0.192 e. The molecule has 3 rings (SSSR count). The average molecular weight is 407 g/mol. The van der Waals surface area contributed by atoms with E-state index in [1.165, 1.54) is 27.1 Å². The standard InChI is InChI=1S/C17H14N2S5/c1-11-7-20-9-13(10-21-8-11)22-14-3-2-4-15-16(14)24-17(23-15)12(5-18)6-19/h2-4,13H,1,7-10H2. The Morgan fingerprint density at radius 1 is 1.12 bits per heavy atom. The van der Waals surface area contributed by atoms with E-state index < -0.39 is 0 Å². The van der Waals surface area contributed by atoms with Crippen LogP contribution in [0.4, 0.5) is 0 Å². The quantitative estimate of drug-likeness (QED) is 0.465. The molecule has 1 aromatic carbocycles. The normalized spacial score (nSPS) is 18.2. The Kier molecular flexibility index (Phi) is 6.60. The van der Waals surface area contributed by atoms with Crippen molar-refractivity contribution in [2.75, 3.05) is 23.0 Å². The van der Waals surface area contributed by atoms with Crippen LogP contribution in [0, 0.1) is 22.7 Å². The summed E-state index contributed by atoms with van der Waals surface area (Å²) in [5, 5.41) is 18.8. The fourth-order valence-corrected chi connectivity index (χ4v) is 8.85. The molecule has 1 fully saturated rings. The number of nitrogens with zero attached hydrogens (tertiary/aromatic N) is 2. The van der Waals surface area contributed by atoms with Gasteiger partial charge < -0.3 is 0 Å². The van der Waals surface area contributed by atoms with Gasteiger partial charge in [0, 0.05) is 42.9 Å². The van der Waals surface area contributed by atoms with Gasteiger partial charge in [-0.3, -0.25) is 0 Å². The maximum atomic E-state index is 9.10. The third kappa shape index (κ3) is 4.33. The second-order valence-electron chi connectivity index (χ2n) is 5.19. The zero-order chi connectivity index (χ0) is 16.9. The molecular formula is C17H14N2S5. The van der Waals surface area contributed by atoms with Gasteiger partial charge in [0.2, 0.25) is 0 Å². The lowest BCUT2D eigenvalue weighted by molar-refractivity contribution is 1.09. The molecule has 0 unspecified atom stereocenters. The van der Waals surface area contributed by atoms with Crippen LogP contribution in [0.3, 0.4) is 0 Å². The minimum atomic E-state index is 0.215. The van der Waals surface area contributed by atoms with E-state index in [0.29, 0.717) is 5.25 Å². The molecule has 0 amide bonds. The fraction of sp³-hybridized carbons (Fsp3) is 0.294. The lowest BCUT2D eigenvalue weighted by Crippen LogP contribution is -2.14. The van der Waals surface area contributed by atoms with E-state index in [1.807, 2.05) is 47.4 Å². The zero-order valence-corrected chi connectivity index (χ0v) is 16.9. The lowest BCUT2D eigenvalue weighted by atomic mass is 10.4. The van der Waals surface area contributed by atoms with Gasteiger partial charge in [-0.25, -0.2) is 0 Å². The fourth-order valence-electron chi connectivity index (χ4n) is 2.21. The summed E-state index contributed by atoms with van der Waals surface area (Å²) in [4.78, 5) is 3.62. The Balaban J connectivity index is 1.77. The maximum Gasteiger partial charge on any atom is 0.150 e. The first-order chi connectivity index (χ1) is 11.7. The number of hydrogen-bond acceptors (Lipinski definition) is 7. The van der Waals surface area contributed by atoms with Gasteiger partial charge in [0.15, 0.2) is 0 Å². The molecule has 7 heteroatoms. The molecule has 0 spiro atoms. The molecule has 0 aromatic heterocycles. The summed E-state index contributed by atoms with van der Waals surface area (Å²) >= 11 is 8.97. The first-order valence-corrected chi connectivity index (χ1v) is 12.1. The summed E-state index contributed by atoms with van der Waals surface area (Å²) < 4.78 is 0.806. The second kappa shape index (κ2) is 8.69. The lowest BCUT2D eigenvalue weighted by Gasteiger charge is -2.20. The molecule has 2 aliphatic heterocycles. The third-order valence-electron chi connectivity index (χ3n) is 3.28. The second-order valence-corrected chi connectivity index (χ2v) is 10.9. The highest BCUT2D eigenvalue weighted by molar-refractivity contribution is 8.25. The highest BCUT2D eigenvalue weighted by Gasteiger charge is 2.25. The summed E-state index contributed by atoms with van der Waals surface area (Å²) in [6, 6.07) is 10.3. The number of thioether (sulfide) groups is 5. The van der Waals surface area contributed by atoms with Crippen molar-refractivity contribution < 1.29 is 0 Å². The van der Waals surface area contributed by atoms with Crippen molar-refractivity contribution in [3.05, 3.63) is 40.2 Å². The van der Waals surface area contributed by atoms with E-state index in [-0.39, 0.29) is 5.57 Å². The summed E-state index contributed by atoms with van der Waals surface area (Å²) in [7, 11) is 0. The molecule has 0 bridgehead atoms. The van der Waals surface area contributed by atoms with Crippen LogP contribution in [-0.4, -0.2) is 28.3 Å². The highest BCUT2D eigenvalue weighted by atomic mass is 32.2. The Bertz CT molecular complexity index is 744. The van der Waals surface area contributed by atoms with Crippen LogP contribution in [-0.2, 0) is 0 Å². The Labute approximate surface area is 163 Å². The van der Waals surface area contributed by atoms with Gasteiger partial charge in [-0.05, 0) is 12.1 Å². The molecule has 0 aliphatic carbocycles. The van der Waals surface area contributed by atoms with Crippen molar-refractivity contribution in [2.45, 2.75) is 19.9 Å². The Morgan fingerprint density at radius 2 is 1.83 bits per heavy atom. The predicted octanol–water partition coefficient (Wildman–Crippen LogP) is 5.64. The monoisotopic (exact) mass is 406 g/mol. The van der Waals surface area contributed by atoms with Crippen molar-refractivity contribution >= 4 is 58.8 Å². The van der Waals surface area contributed by atoms with Crippen LogP contribution < -0.4 is 0 Å². The van der Waals surface area contributed by atoms with Crippen molar-refractivity contribution in [3.63, 3.8) is 0 Å². The van der Waals surface area contributed by atoms with Gasteiger partial charge in [-0.2, -0.15) is 34.0 Å². The summed E-state index contributed by atoms with van der Waals surface area (Å²) in [5.74, 6) is 4.37. The van der Waals surface area contributed by atoms with Crippen LogP contribution in [0.25, 0.3) is 0 Å². The molecule has 2 aliphatic rings. The highest BCUT2D eigenvalue weighted by Crippen LogP contribution is 2.55. The molecule has 2 nitrogen and oxygen atoms in total. The molecular weight excluding hydrogens is 393 g/mol. The Hall–Kier alpha value is -0.570. The summed E-state index contributed by atoms with van der Waals surface area (Å²) in [6.07, 6.45) is 0. The van der Waals surface area contributed by atoms with Crippen LogP contribution in [0.2, 0.25) is 0 Å². The van der Waals surface area contributed by atoms with Crippen LogP contribution >= 0.6 is 58.8 Å². The third-order valence-corrected chi connectivity index (χ3v) is 10.2. The molecule has 0 saturated carbocycles. The smallest absolute Gasteiger partial charge is 0.150 e. The van der Waals surface area contributed by atoms with Crippen LogP contribution in [0.15, 0.2) is 54.8 Å². The SMILES string of the molecule is C=C1CSCC(Sc2cccc3c2SC(=C(C#N)C#N)S3)CSC1. The number of hydrogen-bond donors (Lipinski definition) is 0. The molecule has 1 saturated heterocycles. The molecule has 24 heavy (non-hydrogen) atoms. The Morgan fingerprint density at radius 3 is 2.50 bits per heavy atom. The molecule has 0 N–H and O–H groups in total. The van der Waals surface area contributed by atoms with Gasteiger partial charge in [0.25, 0.3) is 0 Å². The maximum absolute atomic E-state index is 9.10. The van der Waals surface area contributed by atoms with Crippen molar-refractivity contribution in [3.8, 4) is 12.1 Å². The van der Waals surface area contributed by atoms with E-state index in [2.05, 4.69) is 24.8 Å². The van der Waals surface area contributed by atoms with Crippen molar-refractivity contribution in [2.24, 2.45) is 0 Å². The summed E-state index contributed by atoms with van der Waals surface area (Å²) in [5.41, 5.74) is 1.55. The summed E-state index contributed by atoms with van der Waals surface area (Å²) in [6.45, 7) is 4.10. The molecule has 0 radical (unpaired) electrons. The van der Waals surface area contributed by atoms with Crippen molar-refractivity contribution in [1.29, 1.82) is 10.5 Å². The first-order valence-electron chi connectivity index (χ1n) is 7.23. The van der Waals surface area contributed by atoms with E-state index in [9.17, 15) is 0 Å². The van der Waals surface area contributed by atoms with Crippen LogP contribution in [0.1, 0.15) is 0 Å². The van der Waals surface area contributed by atoms with Crippen molar-refractivity contribution in [1.82, 2.24) is 0 Å². The van der Waals surface area contributed by atoms with E-state index >= 15 is 0 Å². The van der Waals surface area contributed by atoms with Gasteiger partial charge in [0.05, 0.1) is 4.24 Å². The minimum Gasteiger partial charge on any atom is -0.192 e. The zero-order valence-electron chi connectivity index (χ0n) is 12.8. The van der Waals surface area contributed by atoms with Gasteiger partial charge in [0.1, 0.15) is 17.7 Å². The van der Waals surface area contributed by atoms with E-state index in [4.69, 9.17) is 10.5 Å². The topological polar surface area (TPSA) is 47.6 Å². The van der Waals surface area contributed by atoms with Gasteiger partial charge in [-0.1, -0.05) is 41.7 Å². The predicted molar refractivity (Wildman–Crippen MR) is 110 cm³/mol. The molecule has 1 aromatic rings. The van der Waals surface area contributed by atoms with Gasteiger partial charge in [-0.15, -0.1) is 11.8 Å².